The normalized spacial score (nSPS) is 12.0. The summed E-state index contributed by atoms with van der Waals surface area (Å²) >= 11 is 0. The second-order valence-electron chi connectivity index (χ2n) is 4.83. The highest BCUT2D eigenvalue weighted by Gasteiger charge is 2.18. The molecule has 0 aliphatic rings. The van der Waals surface area contributed by atoms with E-state index in [4.69, 9.17) is 10.5 Å². The summed E-state index contributed by atoms with van der Waals surface area (Å²) in [6.07, 6.45) is -0.0996. The minimum Gasteiger partial charge on any atom is -0.466 e. The van der Waals surface area contributed by atoms with E-state index in [1.165, 1.54) is 30.3 Å². The summed E-state index contributed by atoms with van der Waals surface area (Å²) in [4.78, 5) is 11.5. The molecule has 2 N–H and O–H groups in total. The highest BCUT2D eigenvalue weighted by Crippen LogP contribution is 2.28. The molecule has 0 saturated carbocycles. The predicted octanol–water partition coefficient (Wildman–Crippen LogP) is 3.58. The molecule has 1 unspecified atom stereocenters. The third-order valence-corrected chi connectivity index (χ3v) is 3.28. The molecule has 2 rings (SSSR count). The van der Waals surface area contributed by atoms with Gasteiger partial charge >= 0.3 is 5.97 Å². The van der Waals surface area contributed by atoms with Crippen molar-refractivity contribution in [3.05, 3.63) is 59.7 Å². The minimum absolute atomic E-state index is 0.0996. The van der Waals surface area contributed by atoms with E-state index >= 15 is 0 Å². The predicted molar refractivity (Wildman–Crippen MR) is 80.0 cm³/mol. The molecule has 0 fully saturated rings. The fourth-order valence-corrected chi connectivity index (χ4v) is 2.20. The van der Waals surface area contributed by atoms with Gasteiger partial charge in [-0.05, 0) is 24.6 Å². The van der Waals surface area contributed by atoms with Gasteiger partial charge in [-0.2, -0.15) is 0 Å². The van der Waals surface area contributed by atoms with E-state index in [1.54, 1.807) is 19.1 Å². The van der Waals surface area contributed by atoms with Gasteiger partial charge in [0.05, 0.1) is 13.0 Å². The van der Waals surface area contributed by atoms with Crippen LogP contribution in [0.4, 0.5) is 8.78 Å². The van der Waals surface area contributed by atoms with E-state index in [0.717, 1.165) is 0 Å². The van der Waals surface area contributed by atoms with E-state index in [1.807, 2.05) is 0 Å². The molecule has 0 aliphatic carbocycles. The molecular formula is C17H17F2NO2. The molecule has 2 aromatic rings. The average molecular weight is 305 g/mol. The smallest absolute Gasteiger partial charge is 0.307 e. The van der Waals surface area contributed by atoms with Gasteiger partial charge in [-0.25, -0.2) is 8.78 Å². The van der Waals surface area contributed by atoms with Gasteiger partial charge in [-0.3, -0.25) is 4.79 Å². The zero-order valence-electron chi connectivity index (χ0n) is 12.2. The summed E-state index contributed by atoms with van der Waals surface area (Å²) < 4.78 is 32.4. The van der Waals surface area contributed by atoms with Crippen LogP contribution in [0.5, 0.6) is 0 Å². The lowest BCUT2D eigenvalue weighted by atomic mass is 9.97. The first-order valence-corrected chi connectivity index (χ1v) is 6.98. The minimum atomic E-state index is -0.792. The van der Waals surface area contributed by atoms with Crippen LogP contribution in [0.3, 0.4) is 0 Å². The second kappa shape index (κ2) is 7.13. The Labute approximate surface area is 127 Å². The SMILES string of the molecule is CCOC(=O)CC(N)c1cccc(-c2ccc(F)cc2)c1F. The van der Waals surface area contributed by atoms with Crippen molar-refractivity contribution in [2.45, 2.75) is 19.4 Å². The molecular weight excluding hydrogens is 288 g/mol. The number of hydrogen-bond donors (Lipinski definition) is 1. The third kappa shape index (κ3) is 3.68. The van der Waals surface area contributed by atoms with E-state index in [-0.39, 0.29) is 24.4 Å². The number of benzene rings is 2. The van der Waals surface area contributed by atoms with Gasteiger partial charge in [0.2, 0.25) is 0 Å². The number of rotatable bonds is 5. The van der Waals surface area contributed by atoms with Crippen molar-refractivity contribution in [1.82, 2.24) is 0 Å². The lowest BCUT2D eigenvalue weighted by Gasteiger charge is -2.14. The number of halogens is 2. The first kappa shape index (κ1) is 16.1. The van der Waals surface area contributed by atoms with E-state index in [0.29, 0.717) is 11.1 Å². The lowest BCUT2D eigenvalue weighted by Crippen LogP contribution is -2.18. The standard InChI is InChI=1S/C17H17F2NO2/c1-2-22-16(21)10-15(20)14-5-3-4-13(17(14)19)11-6-8-12(18)9-7-11/h3-9,15H,2,10,20H2,1H3. The van der Waals surface area contributed by atoms with Crippen LogP contribution in [-0.2, 0) is 9.53 Å². The third-order valence-electron chi connectivity index (χ3n) is 3.28. The van der Waals surface area contributed by atoms with Crippen molar-refractivity contribution in [3.63, 3.8) is 0 Å². The van der Waals surface area contributed by atoms with Gasteiger partial charge < -0.3 is 10.5 Å². The first-order chi connectivity index (χ1) is 10.5. The summed E-state index contributed by atoms with van der Waals surface area (Å²) in [5.74, 6) is -1.37. The van der Waals surface area contributed by atoms with E-state index in [9.17, 15) is 13.6 Å². The van der Waals surface area contributed by atoms with Gasteiger partial charge in [0.15, 0.2) is 0 Å². The molecule has 0 radical (unpaired) electrons. The Morgan fingerprint density at radius 2 is 1.86 bits per heavy atom. The van der Waals surface area contributed by atoms with Crippen LogP contribution >= 0.6 is 0 Å². The topological polar surface area (TPSA) is 52.3 Å². The molecule has 0 saturated heterocycles. The van der Waals surface area contributed by atoms with Crippen LogP contribution in [0.15, 0.2) is 42.5 Å². The molecule has 0 amide bonds. The number of ether oxygens (including phenoxy) is 1. The van der Waals surface area contributed by atoms with Crippen LogP contribution in [0.2, 0.25) is 0 Å². The molecule has 0 aliphatic heterocycles. The maximum absolute atomic E-state index is 14.6. The summed E-state index contributed by atoms with van der Waals surface area (Å²) in [7, 11) is 0. The molecule has 22 heavy (non-hydrogen) atoms. The van der Waals surface area contributed by atoms with Crippen LogP contribution in [0, 0.1) is 11.6 Å². The number of hydrogen-bond acceptors (Lipinski definition) is 3. The number of carbonyl (C=O) groups is 1. The van der Waals surface area contributed by atoms with Crippen molar-refractivity contribution in [3.8, 4) is 11.1 Å². The van der Waals surface area contributed by atoms with Crippen LogP contribution < -0.4 is 5.73 Å². The Kier molecular flexibility index (Phi) is 5.22. The Morgan fingerprint density at radius 1 is 1.18 bits per heavy atom. The molecule has 5 heteroatoms. The number of esters is 1. The maximum atomic E-state index is 14.6. The lowest BCUT2D eigenvalue weighted by molar-refractivity contribution is -0.143. The Morgan fingerprint density at radius 3 is 2.50 bits per heavy atom. The number of nitrogens with two attached hydrogens (primary N) is 1. The first-order valence-electron chi connectivity index (χ1n) is 6.98. The molecule has 0 bridgehead atoms. The van der Waals surface area contributed by atoms with Crippen molar-refractivity contribution in [2.75, 3.05) is 6.61 Å². The van der Waals surface area contributed by atoms with E-state index in [2.05, 4.69) is 0 Å². The average Bonchev–Trinajstić information content (AvgIpc) is 2.48. The van der Waals surface area contributed by atoms with Gasteiger partial charge in [0, 0.05) is 17.2 Å². The van der Waals surface area contributed by atoms with Gasteiger partial charge in [-0.15, -0.1) is 0 Å². The Balaban J connectivity index is 2.29. The fraction of sp³-hybridized carbons (Fsp3) is 0.235. The van der Waals surface area contributed by atoms with Crippen molar-refractivity contribution in [2.24, 2.45) is 5.73 Å². The highest BCUT2D eigenvalue weighted by atomic mass is 19.1. The molecule has 0 spiro atoms. The van der Waals surface area contributed by atoms with Gasteiger partial charge in [0.1, 0.15) is 11.6 Å². The second-order valence-corrected chi connectivity index (χ2v) is 4.83. The summed E-state index contributed by atoms with van der Waals surface area (Å²) in [6, 6.07) is 9.50. The molecule has 0 aromatic heterocycles. The molecule has 116 valence electrons. The van der Waals surface area contributed by atoms with Crippen molar-refractivity contribution < 1.29 is 18.3 Å². The van der Waals surface area contributed by atoms with E-state index < -0.39 is 17.8 Å². The van der Waals surface area contributed by atoms with Crippen molar-refractivity contribution in [1.29, 1.82) is 0 Å². The number of carbonyl (C=O) groups excluding carboxylic acids is 1. The monoisotopic (exact) mass is 305 g/mol. The molecule has 0 heterocycles. The van der Waals surface area contributed by atoms with Gasteiger partial charge in [0.25, 0.3) is 0 Å². The fourth-order valence-electron chi connectivity index (χ4n) is 2.20. The molecule has 1 atom stereocenters. The Hall–Kier alpha value is -2.27. The zero-order chi connectivity index (χ0) is 16.1. The van der Waals surface area contributed by atoms with Gasteiger partial charge in [-0.1, -0.05) is 30.3 Å². The van der Waals surface area contributed by atoms with Crippen LogP contribution in [-0.4, -0.2) is 12.6 Å². The van der Waals surface area contributed by atoms with Crippen LogP contribution in [0.1, 0.15) is 24.9 Å². The maximum Gasteiger partial charge on any atom is 0.307 e. The summed E-state index contributed by atoms with van der Waals surface area (Å²) in [5, 5.41) is 0. The summed E-state index contributed by atoms with van der Waals surface area (Å²) in [5.41, 5.74) is 6.99. The largest absolute Gasteiger partial charge is 0.466 e. The van der Waals surface area contributed by atoms with Crippen LogP contribution in [0.25, 0.3) is 11.1 Å². The Bertz CT molecular complexity index is 656. The molecule has 3 nitrogen and oxygen atoms in total. The molecule has 2 aromatic carbocycles. The quantitative estimate of drug-likeness (QED) is 0.859. The summed E-state index contributed by atoms with van der Waals surface area (Å²) in [6.45, 7) is 1.95. The van der Waals surface area contributed by atoms with Crippen molar-refractivity contribution >= 4 is 5.97 Å². The highest BCUT2D eigenvalue weighted by molar-refractivity contribution is 5.71. The zero-order valence-corrected chi connectivity index (χ0v) is 12.2.